The number of para-hydroxylation sites is 1. The van der Waals surface area contributed by atoms with Gasteiger partial charge in [0.05, 0.1) is 17.6 Å². The summed E-state index contributed by atoms with van der Waals surface area (Å²) in [6, 6.07) is 10.3. The largest absolute Gasteiger partial charge is 0.490 e. The molecule has 162 valence electrons. The van der Waals surface area contributed by atoms with Gasteiger partial charge < -0.3 is 14.0 Å². The minimum absolute atomic E-state index is 0.0290. The van der Waals surface area contributed by atoms with Crippen LogP contribution in [0.2, 0.25) is 0 Å². The van der Waals surface area contributed by atoms with Gasteiger partial charge in [0.2, 0.25) is 5.88 Å². The normalized spacial score (nSPS) is 14.5. The van der Waals surface area contributed by atoms with Gasteiger partial charge in [0.15, 0.2) is 0 Å². The number of benzene rings is 1. The molecule has 2 aromatic rings. The van der Waals surface area contributed by atoms with Crippen molar-refractivity contribution in [3.05, 3.63) is 42.1 Å². The van der Waals surface area contributed by atoms with E-state index in [1.165, 1.54) is 17.2 Å². The Morgan fingerprint density at radius 1 is 1.35 bits per heavy atom. The number of hydrogen-bond acceptors (Lipinski definition) is 8. The molecule has 1 aromatic carbocycles. The SMILES string of the molecule is CN(C=N)C(=N)C1CCN(c2c(C#N)cccc2-c2ccc(OS(=O)(=O)F)nc2)CC1. The van der Waals surface area contributed by atoms with Crippen LogP contribution in [-0.2, 0) is 10.5 Å². The van der Waals surface area contributed by atoms with Crippen LogP contribution in [0.4, 0.5) is 9.57 Å². The van der Waals surface area contributed by atoms with Crippen LogP contribution in [0.1, 0.15) is 18.4 Å². The maximum absolute atomic E-state index is 12.7. The number of hydrogen-bond donors (Lipinski definition) is 2. The van der Waals surface area contributed by atoms with E-state index in [4.69, 9.17) is 10.8 Å². The summed E-state index contributed by atoms with van der Waals surface area (Å²) in [5.74, 6) is 0.0335. The molecule has 3 rings (SSSR count). The van der Waals surface area contributed by atoms with Crippen molar-refractivity contribution in [1.29, 1.82) is 16.1 Å². The van der Waals surface area contributed by atoms with E-state index >= 15 is 0 Å². The standard InChI is InChI=1S/C20H21FN6O3S/c1-26(13-23)20(24)14-7-9-27(10-8-14)19-15(11-22)3-2-4-17(19)16-5-6-18(25-12-16)30-31(21,28)29/h2-6,12-14,23-24H,7-10H2,1H3. The highest BCUT2D eigenvalue weighted by Gasteiger charge is 2.27. The maximum Gasteiger partial charge on any atom is 0.490 e. The second-order valence-electron chi connectivity index (χ2n) is 7.06. The van der Waals surface area contributed by atoms with Crippen LogP contribution in [0, 0.1) is 28.1 Å². The monoisotopic (exact) mass is 444 g/mol. The first kappa shape index (κ1) is 22.2. The van der Waals surface area contributed by atoms with E-state index in [9.17, 15) is 17.6 Å². The van der Waals surface area contributed by atoms with Crippen molar-refractivity contribution in [3.8, 4) is 23.1 Å². The van der Waals surface area contributed by atoms with Crippen molar-refractivity contribution in [2.24, 2.45) is 5.92 Å². The summed E-state index contributed by atoms with van der Waals surface area (Å²) in [6.45, 7) is 1.25. The van der Waals surface area contributed by atoms with Gasteiger partial charge in [0.1, 0.15) is 11.9 Å². The lowest BCUT2D eigenvalue weighted by atomic mass is 9.92. The number of amidine groups is 1. The second-order valence-corrected chi connectivity index (χ2v) is 8.01. The molecule has 2 N–H and O–H groups in total. The predicted octanol–water partition coefficient (Wildman–Crippen LogP) is 2.95. The van der Waals surface area contributed by atoms with Crippen molar-refractivity contribution in [1.82, 2.24) is 9.88 Å². The Hall–Kier alpha value is -3.52. The third-order valence-electron chi connectivity index (χ3n) is 5.16. The van der Waals surface area contributed by atoms with Crippen molar-refractivity contribution < 1.29 is 16.5 Å². The average molecular weight is 444 g/mol. The van der Waals surface area contributed by atoms with E-state index in [1.54, 1.807) is 25.2 Å². The summed E-state index contributed by atoms with van der Waals surface area (Å²) >= 11 is 0. The summed E-state index contributed by atoms with van der Waals surface area (Å²) in [7, 11) is -3.48. The second kappa shape index (κ2) is 9.09. The van der Waals surface area contributed by atoms with E-state index < -0.39 is 10.5 Å². The highest BCUT2D eigenvalue weighted by atomic mass is 32.3. The van der Waals surface area contributed by atoms with E-state index in [2.05, 4.69) is 20.1 Å². The third-order valence-corrected chi connectivity index (χ3v) is 5.53. The zero-order valence-corrected chi connectivity index (χ0v) is 17.6. The fourth-order valence-electron chi connectivity index (χ4n) is 3.63. The molecule has 31 heavy (non-hydrogen) atoms. The Bertz CT molecular complexity index is 1120. The van der Waals surface area contributed by atoms with Crippen molar-refractivity contribution in [2.75, 3.05) is 25.0 Å². The first-order chi connectivity index (χ1) is 14.7. The first-order valence-electron chi connectivity index (χ1n) is 9.44. The quantitative estimate of drug-likeness (QED) is 0.397. The minimum Gasteiger partial charge on any atom is -0.370 e. The molecule has 11 heteroatoms. The molecule has 0 atom stereocenters. The topological polar surface area (TPSA) is 134 Å². The molecule has 0 spiro atoms. The summed E-state index contributed by atoms with van der Waals surface area (Å²) in [6.07, 6.45) is 3.89. The number of nitrogens with zero attached hydrogens (tertiary/aromatic N) is 4. The zero-order valence-electron chi connectivity index (χ0n) is 16.7. The molecule has 0 aliphatic carbocycles. The lowest BCUT2D eigenvalue weighted by Gasteiger charge is -2.36. The fourth-order valence-corrected chi connectivity index (χ4v) is 3.93. The van der Waals surface area contributed by atoms with E-state index in [-0.39, 0.29) is 11.8 Å². The van der Waals surface area contributed by atoms with Crippen molar-refractivity contribution in [3.63, 3.8) is 0 Å². The molecule has 1 saturated heterocycles. The molecule has 1 aliphatic heterocycles. The number of anilines is 1. The van der Waals surface area contributed by atoms with Gasteiger partial charge in [-0.05, 0) is 25.0 Å². The lowest BCUT2D eigenvalue weighted by Crippen LogP contribution is -2.41. The van der Waals surface area contributed by atoms with Gasteiger partial charge in [-0.15, -0.1) is 0 Å². The Morgan fingerprint density at radius 2 is 2.06 bits per heavy atom. The predicted molar refractivity (Wildman–Crippen MR) is 114 cm³/mol. The molecule has 1 aliphatic rings. The number of halogens is 1. The minimum atomic E-state index is -5.16. The number of piperidine rings is 1. The van der Waals surface area contributed by atoms with Gasteiger partial charge in [0.25, 0.3) is 0 Å². The van der Waals surface area contributed by atoms with Crippen LogP contribution in [0.5, 0.6) is 5.88 Å². The van der Waals surface area contributed by atoms with Crippen molar-refractivity contribution >= 4 is 28.4 Å². The van der Waals surface area contributed by atoms with Crippen LogP contribution in [0.3, 0.4) is 0 Å². The van der Waals surface area contributed by atoms with Gasteiger partial charge in [-0.25, -0.2) is 4.98 Å². The smallest absolute Gasteiger partial charge is 0.370 e. The van der Waals surface area contributed by atoms with Crippen LogP contribution >= 0.6 is 0 Å². The zero-order chi connectivity index (χ0) is 22.6. The lowest BCUT2D eigenvalue weighted by molar-refractivity contribution is 0.432. The summed E-state index contributed by atoms with van der Waals surface area (Å²) in [5.41, 5.74) is 2.55. The Kier molecular flexibility index (Phi) is 6.50. The fraction of sp³-hybridized carbons (Fsp3) is 0.300. The molecule has 2 heterocycles. The summed E-state index contributed by atoms with van der Waals surface area (Å²) < 4.78 is 38.1. The Labute approximate surface area is 180 Å². The van der Waals surface area contributed by atoms with E-state index in [0.29, 0.717) is 42.9 Å². The molecular formula is C20H21FN6O3S. The average Bonchev–Trinajstić information content (AvgIpc) is 2.77. The van der Waals surface area contributed by atoms with Gasteiger partial charge >= 0.3 is 10.5 Å². The Morgan fingerprint density at radius 3 is 2.61 bits per heavy atom. The molecule has 1 fully saturated rings. The number of nitrogens with one attached hydrogen (secondary N) is 2. The Balaban J connectivity index is 1.88. The molecule has 0 saturated carbocycles. The van der Waals surface area contributed by atoms with Gasteiger partial charge in [-0.2, -0.15) is 13.7 Å². The van der Waals surface area contributed by atoms with Crippen LogP contribution in [-0.4, -0.2) is 50.6 Å². The van der Waals surface area contributed by atoms with E-state index in [1.807, 2.05) is 6.07 Å². The molecule has 0 unspecified atom stereocenters. The van der Waals surface area contributed by atoms with Crippen LogP contribution in [0.25, 0.3) is 11.1 Å². The molecule has 0 bridgehead atoms. The third kappa shape index (κ3) is 5.16. The highest BCUT2D eigenvalue weighted by Crippen LogP contribution is 2.36. The van der Waals surface area contributed by atoms with Gasteiger partial charge in [-0.3, -0.25) is 10.8 Å². The van der Waals surface area contributed by atoms with Crippen molar-refractivity contribution in [2.45, 2.75) is 12.8 Å². The molecule has 9 nitrogen and oxygen atoms in total. The summed E-state index contributed by atoms with van der Waals surface area (Å²) in [5, 5.41) is 25.2. The number of nitriles is 1. The van der Waals surface area contributed by atoms with E-state index in [0.717, 1.165) is 17.6 Å². The molecule has 0 amide bonds. The molecule has 0 radical (unpaired) electrons. The van der Waals surface area contributed by atoms with Gasteiger partial charge in [-0.1, -0.05) is 16.0 Å². The summed E-state index contributed by atoms with van der Waals surface area (Å²) in [4.78, 5) is 7.42. The molecule has 1 aromatic heterocycles. The molecular weight excluding hydrogens is 423 g/mol. The van der Waals surface area contributed by atoms with Crippen LogP contribution in [0.15, 0.2) is 36.5 Å². The highest BCUT2D eigenvalue weighted by molar-refractivity contribution is 7.81. The first-order valence-corrected chi connectivity index (χ1v) is 10.7. The maximum atomic E-state index is 12.7. The number of rotatable bonds is 6. The number of aromatic nitrogens is 1. The number of pyridine rings is 1. The van der Waals surface area contributed by atoms with Gasteiger partial charge in [0, 0.05) is 49.4 Å². The van der Waals surface area contributed by atoms with Crippen LogP contribution < -0.4 is 9.08 Å².